The molecule has 0 aliphatic heterocycles. The lowest BCUT2D eigenvalue weighted by Gasteiger charge is -2.31. The molecule has 2 aromatic carbocycles. The lowest BCUT2D eigenvalue weighted by molar-refractivity contribution is -0.142. The number of carbonyl (C=O) groups is 2. The van der Waals surface area contributed by atoms with Crippen LogP contribution in [0.25, 0.3) is 0 Å². The Balaban J connectivity index is 2.15. The second kappa shape index (κ2) is 9.54. The quantitative estimate of drug-likeness (QED) is 0.768. The van der Waals surface area contributed by atoms with E-state index >= 15 is 0 Å². The predicted octanol–water partition coefficient (Wildman–Crippen LogP) is 3.84. The molecule has 2 amide bonds. The van der Waals surface area contributed by atoms with E-state index in [0.717, 1.165) is 11.1 Å². The zero-order chi connectivity index (χ0) is 21.6. The van der Waals surface area contributed by atoms with Crippen molar-refractivity contribution in [1.29, 1.82) is 0 Å². The summed E-state index contributed by atoms with van der Waals surface area (Å²) in [4.78, 5) is 27.1. The molecule has 2 aromatic rings. The molecule has 0 unspecified atom stereocenters. The normalized spacial score (nSPS) is 12.2. The number of benzene rings is 2. The molecular weight excluding hydrogens is 371 g/mol. The van der Waals surface area contributed by atoms with Crippen molar-refractivity contribution in [3.63, 3.8) is 0 Å². The molecule has 0 heterocycles. The zero-order valence-corrected chi connectivity index (χ0v) is 17.7. The molecule has 0 aromatic heterocycles. The van der Waals surface area contributed by atoms with E-state index in [2.05, 4.69) is 5.32 Å². The van der Waals surface area contributed by atoms with E-state index < -0.39 is 11.6 Å². The Morgan fingerprint density at radius 1 is 1.07 bits per heavy atom. The van der Waals surface area contributed by atoms with Crippen LogP contribution in [0.3, 0.4) is 0 Å². The van der Waals surface area contributed by atoms with Gasteiger partial charge in [0.15, 0.2) is 6.61 Å². The molecular formula is C23H29FN2O3. The molecule has 0 radical (unpaired) electrons. The molecule has 0 spiro atoms. The Morgan fingerprint density at radius 3 is 2.21 bits per heavy atom. The Hall–Kier alpha value is -2.89. The highest BCUT2D eigenvalue weighted by Gasteiger charge is 2.28. The Labute approximate surface area is 171 Å². The Morgan fingerprint density at radius 2 is 1.66 bits per heavy atom. The van der Waals surface area contributed by atoms with Gasteiger partial charge in [-0.3, -0.25) is 9.59 Å². The minimum atomic E-state index is -0.681. The van der Waals surface area contributed by atoms with Crippen LogP contribution < -0.4 is 10.1 Å². The van der Waals surface area contributed by atoms with Crippen LogP contribution in [0.1, 0.15) is 38.8 Å². The van der Waals surface area contributed by atoms with Crippen molar-refractivity contribution in [3.8, 4) is 5.75 Å². The number of hydrogen-bond donors (Lipinski definition) is 1. The second-order valence-corrected chi connectivity index (χ2v) is 8.17. The van der Waals surface area contributed by atoms with E-state index in [4.69, 9.17) is 4.74 Å². The van der Waals surface area contributed by atoms with Crippen LogP contribution in [0.15, 0.2) is 48.5 Å². The number of hydrogen-bond acceptors (Lipinski definition) is 3. The fourth-order valence-electron chi connectivity index (χ4n) is 2.71. The van der Waals surface area contributed by atoms with Gasteiger partial charge in [0.1, 0.15) is 17.6 Å². The van der Waals surface area contributed by atoms with Gasteiger partial charge in [0.2, 0.25) is 5.91 Å². The van der Waals surface area contributed by atoms with Crippen molar-refractivity contribution in [2.24, 2.45) is 0 Å². The van der Waals surface area contributed by atoms with E-state index in [1.165, 1.54) is 29.2 Å². The standard InChI is InChI=1S/C23H29FN2O3/c1-16-6-8-18(9-7-16)14-26(17(2)22(28)25-23(3,4)5)21(27)15-29-20-12-10-19(24)11-13-20/h6-13,17H,14-15H2,1-5H3,(H,25,28)/t17-/m1/s1. The van der Waals surface area contributed by atoms with Gasteiger partial charge in [0.05, 0.1) is 0 Å². The van der Waals surface area contributed by atoms with Gasteiger partial charge in [-0.25, -0.2) is 4.39 Å². The third kappa shape index (κ3) is 7.22. The second-order valence-electron chi connectivity index (χ2n) is 8.17. The lowest BCUT2D eigenvalue weighted by atomic mass is 10.1. The largest absolute Gasteiger partial charge is 0.484 e. The summed E-state index contributed by atoms with van der Waals surface area (Å²) in [5, 5.41) is 2.91. The van der Waals surface area contributed by atoms with Gasteiger partial charge in [0, 0.05) is 12.1 Å². The molecule has 6 heteroatoms. The Kier molecular flexibility index (Phi) is 7.37. The molecule has 2 rings (SSSR count). The first kappa shape index (κ1) is 22.4. The third-order valence-electron chi connectivity index (χ3n) is 4.31. The van der Waals surface area contributed by atoms with Crippen LogP contribution in [-0.4, -0.2) is 34.9 Å². The minimum absolute atomic E-state index is 0.236. The van der Waals surface area contributed by atoms with Gasteiger partial charge < -0.3 is 15.0 Å². The summed E-state index contributed by atoms with van der Waals surface area (Å²) < 4.78 is 18.5. The summed E-state index contributed by atoms with van der Waals surface area (Å²) in [6, 6.07) is 12.6. The maximum absolute atomic E-state index is 13.0. The van der Waals surface area contributed by atoms with E-state index in [1.807, 2.05) is 52.0 Å². The van der Waals surface area contributed by atoms with Gasteiger partial charge in [-0.1, -0.05) is 29.8 Å². The average Bonchev–Trinajstić information content (AvgIpc) is 2.65. The van der Waals surface area contributed by atoms with Crippen molar-refractivity contribution in [2.75, 3.05) is 6.61 Å². The summed E-state index contributed by atoms with van der Waals surface area (Å²) >= 11 is 0. The highest BCUT2D eigenvalue weighted by Crippen LogP contribution is 2.14. The third-order valence-corrected chi connectivity index (χ3v) is 4.31. The summed E-state index contributed by atoms with van der Waals surface area (Å²) in [5.74, 6) is -0.551. The number of aryl methyl sites for hydroxylation is 1. The molecule has 1 N–H and O–H groups in total. The monoisotopic (exact) mass is 400 g/mol. The Bertz CT molecular complexity index is 827. The van der Waals surface area contributed by atoms with Crippen molar-refractivity contribution in [3.05, 3.63) is 65.5 Å². The van der Waals surface area contributed by atoms with Crippen LogP contribution in [0, 0.1) is 12.7 Å². The summed E-state index contributed by atoms with van der Waals surface area (Å²) in [5.41, 5.74) is 1.63. The number of carbonyl (C=O) groups excluding carboxylic acids is 2. The molecule has 0 saturated heterocycles. The maximum atomic E-state index is 13.0. The molecule has 0 saturated carbocycles. The van der Waals surface area contributed by atoms with Gasteiger partial charge in [-0.2, -0.15) is 0 Å². The van der Waals surface area contributed by atoms with Crippen molar-refractivity contribution in [1.82, 2.24) is 10.2 Å². The molecule has 0 aliphatic carbocycles. The number of ether oxygens (including phenoxy) is 1. The number of amides is 2. The topological polar surface area (TPSA) is 58.6 Å². The van der Waals surface area contributed by atoms with Crippen molar-refractivity contribution >= 4 is 11.8 Å². The number of halogens is 1. The molecule has 0 fully saturated rings. The van der Waals surface area contributed by atoms with Crippen LogP contribution in [0.5, 0.6) is 5.75 Å². The summed E-state index contributed by atoms with van der Waals surface area (Å²) in [7, 11) is 0. The SMILES string of the molecule is Cc1ccc(CN(C(=O)COc2ccc(F)cc2)[C@H](C)C(=O)NC(C)(C)C)cc1. The van der Waals surface area contributed by atoms with Gasteiger partial charge in [-0.05, 0) is 64.4 Å². The van der Waals surface area contributed by atoms with E-state index in [0.29, 0.717) is 5.75 Å². The van der Waals surface area contributed by atoms with Crippen LogP contribution >= 0.6 is 0 Å². The first-order valence-electron chi connectivity index (χ1n) is 9.60. The molecule has 0 aliphatic rings. The average molecular weight is 400 g/mol. The maximum Gasteiger partial charge on any atom is 0.261 e. The van der Waals surface area contributed by atoms with E-state index in [1.54, 1.807) is 6.92 Å². The van der Waals surface area contributed by atoms with Crippen molar-refractivity contribution in [2.45, 2.75) is 52.7 Å². The van der Waals surface area contributed by atoms with Crippen LogP contribution in [0.2, 0.25) is 0 Å². The van der Waals surface area contributed by atoms with E-state index in [9.17, 15) is 14.0 Å². The van der Waals surface area contributed by atoms with Crippen molar-refractivity contribution < 1.29 is 18.7 Å². The highest BCUT2D eigenvalue weighted by molar-refractivity contribution is 5.88. The molecule has 1 atom stereocenters. The number of nitrogens with zero attached hydrogens (tertiary/aromatic N) is 1. The van der Waals surface area contributed by atoms with Gasteiger partial charge in [0.25, 0.3) is 5.91 Å². The zero-order valence-electron chi connectivity index (χ0n) is 17.7. The summed E-state index contributed by atoms with van der Waals surface area (Å²) in [6.45, 7) is 9.40. The minimum Gasteiger partial charge on any atom is -0.484 e. The van der Waals surface area contributed by atoms with Gasteiger partial charge >= 0.3 is 0 Å². The fourth-order valence-corrected chi connectivity index (χ4v) is 2.71. The summed E-state index contributed by atoms with van der Waals surface area (Å²) in [6.07, 6.45) is 0. The fraction of sp³-hybridized carbons (Fsp3) is 0.391. The molecule has 5 nitrogen and oxygen atoms in total. The number of nitrogens with one attached hydrogen (secondary N) is 1. The number of rotatable bonds is 7. The molecule has 156 valence electrons. The predicted molar refractivity (Wildman–Crippen MR) is 111 cm³/mol. The first-order valence-corrected chi connectivity index (χ1v) is 9.60. The lowest BCUT2D eigenvalue weighted by Crippen LogP contribution is -2.53. The first-order chi connectivity index (χ1) is 13.5. The molecule has 29 heavy (non-hydrogen) atoms. The van der Waals surface area contributed by atoms with E-state index in [-0.39, 0.29) is 30.8 Å². The molecule has 0 bridgehead atoms. The highest BCUT2D eigenvalue weighted by atomic mass is 19.1. The smallest absolute Gasteiger partial charge is 0.261 e. The van der Waals surface area contributed by atoms with Crippen LogP contribution in [0.4, 0.5) is 4.39 Å². The van der Waals surface area contributed by atoms with Crippen LogP contribution in [-0.2, 0) is 16.1 Å². The van der Waals surface area contributed by atoms with Gasteiger partial charge in [-0.15, -0.1) is 0 Å².